The molecule has 0 aromatic carbocycles. The molecule has 112 valence electrons. The van der Waals surface area contributed by atoms with Gasteiger partial charge >= 0.3 is 0 Å². The van der Waals surface area contributed by atoms with Crippen molar-refractivity contribution in [1.82, 2.24) is 15.1 Å². The Morgan fingerprint density at radius 2 is 2.14 bits per heavy atom. The lowest BCUT2D eigenvalue weighted by Gasteiger charge is -2.27. The van der Waals surface area contributed by atoms with Crippen LogP contribution in [0.4, 0.5) is 5.82 Å². The van der Waals surface area contributed by atoms with Gasteiger partial charge in [-0.3, -0.25) is 4.79 Å². The highest BCUT2D eigenvalue weighted by Crippen LogP contribution is 2.22. The van der Waals surface area contributed by atoms with E-state index in [9.17, 15) is 4.79 Å². The fourth-order valence-electron chi connectivity index (χ4n) is 3.11. The molecule has 2 aliphatic rings. The summed E-state index contributed by atoms with van der Waals surface area (Å²) in [6, 6.07) is 3.89. The Morgan fingerprint density at radius 1 is 1.19 bits per heavy atom. The van der Waals surface area contributed by atoms with Crippen LogP contribution in [0.1, 0.15) is 25.7 Å². The van der Waals surface area contributed by atoms with Crippen LogP contribution in [0.3, 0.4) is 0 Å². The molecule has 2 heterocycles. The largest absolute Gasteiger partial charge is 0.353 e. The molecule has 1 amide bonds. The van der Waals surface area contributed by atoms with E-state index in [2.05, 4.69) is 27.2 Å². The number of aromatic nitrogens is 2. The van der Waals surface area contributed by atoms with E-state index >= 15 is 0 Å². The first-order chi connectivity index (χ1) is 10.3. The topological polar surface area (TPSA) is 49.3 Å². The summed E-state index contributed by atoms with van der Waals surface area (Å²) < 4.78 is 0. The first kappa shape index (κ1) is 14.0. The van der Waals surface area contributed by atoms with E-state index < -0.39 is 0 Å². The first-order valence-corrected chi connectivity index (χ1v) is 7.81. The average molecular weight is 286 g/mol. The number of hydrogen-bond acceptors (Lipinski definition) is 4. The van der Waals surface area contributed by atoms with Crippen LogP contribution in [0.15, 0.2) is 30.5 Å². The van der Waals surface area contributed by atoms with E-state index in [1.165, 1.54) is 0 Å². The molecule has 5 nitrogen and oxygen atoms in total. The van der Waals surface area contributed by atoms with Crippen molar-refractivity contribution in [2.75, 3.05) is 31.1 Å². The highest BCUT2D eigenvalue weighted by molar-refractivity contribution is 5.79. The lowest BCUT2D eigenvalue weighted by atomic mass is 9.93. The Hall–Kier alpha value is -1.91. The normalized spacial score (nSPS) is 23.0. The summed E-state index contributed by atoms with van der Waals surface area (Å²) in [4.78, 5) is 16.9. The van der Waals surface area contributed by atoms with Gasteiger partial charge in [0.15, 0.2) is 5.82 Å². The zero-order valence-electron chi connectivity index (χ0n) is 12.3. The molecule has 3 rings (SSSR count). The average Bonchev–Trinajstić information content (AvgIpc) is 2.82. The molecule has 1 atom stereocenters. The van der Waals surface area contributed by atoms with Gasteiger partial charge in [-0.2, -0.15) is 5.10 Å². The number of hydrogen-bond donors (Lipinski definition) is 0. The van der Waals surface area contributed by atoms with Crippen molar-refractivity contribution >= 4 is 11.7 Å². The fraction of sp³-hybridized carbons (Fsp3) is 0.562. The van der Waals surface area contributed by atoms with Crippen LogP contribution in [-0.4, -0.2) is 47.2 Å². The number of allylic oxidation sites excluding steroid dienone is 2. The molecule has 1 aliphatic heterocycles. The van der Waals surface area contributed by atoms with Gasteiger partial charge in [-0.25, -0.2) is 0 Å². The first-order valence-electron chi connectivity index (χ1n) is 7.81. The predicted molar refractivity (Wildman–Crippen MR) is 81.9 cm³/mol. The number of carbonyl (C=O) groups excluding carboxylic acids is 1. The number of anilines is 1. The number of nitrogens with zero attached hydrogens (tertiary/aromatic N) is 4. The van der Waals surface area contributed by atoms with Gasteiger partial charge in [-0.1, -0.05) is 12.2 Å². The number of amides is 1. The number of rotatable bonds is 2. The Balaban J connectivity index is 1.60. The summed E-state index contributed by atoms with van der Waals surface area (Å²) >= 11 is 0. The molecule has 0 bridgehead atoms. The molecular weight excluding hydrogens is 264 g/mol. The summed E-state index contributed by atoms with van der Waals surface area (Å²) in [5, 5.41) is 8.11. The maximum atomic E-state index is 12.6. The quantitative estimate of drug-likeness (QED) is 0.779. The zero-order chi connectivity index (χ0) is 14.5. The molecule has 0 spiro atoms. The van der Waals surface area contributed by atoms with E-state index in [0.717, 1.165) is 57.7 Å². The smallest absolute Gasteiger partial charge is 0.226 e. The highest BCUT2D eigenvalue weighted by Gasteiger charge is 2.26. The van der Waals surface area contributed by atoms with Crippen molar-refractivity contribution in [1.29, 1.82) is 0 Å². The molecule has 1 saturated heterocycles. The molecule has 1 aromatic rings. The Labute approximate surface area is 125 Å². The van der Waals surface area contributed by atoms with Crippen LogP contribution >= 0.6 is 0 Å². The second kappa shape index (κ2) is 6.70. The van der Waals surface area contributed by atoms with Crippen molar-refractivity contribution in [3.63, 3.8) is 0 Å². The second-order valence-electron chi connectivity index (χ2n) is 5.73. The summed E-state index contributed by atoms with van der Waals surface area (Å²) in [6.07, 6.45) is 9.95. The maximum absolute atomic E-state index is 12.6. The van der Waals surface area contributed by atoms with Gasteiger partial charge in [0.2, 0.25) is 5.91 Å². The van der Waals surface area contributed by atoms with Crippen LogP contribution < -0.4 is 4.90 Å². The van der Waals surface area contributed by atoms with Crippen LogP contribution in [0, 0.1) is 5.92 Å². The third-order valence-electron chi connectivity index (χ3n) is 4.31. The SMILES string of the molecule is O=C([C@H]1CC=CCC1)N1CCCN(c2cccnn2)CC1. The molecule has 5 heteroatoms. The monoisotopic (exact) mass is 286 g/mol. The lowest BCUT2D eigenvalue weighted by molar-refractivity contribution is -0.135. The Bertz CT molecular complexity index is 502. The summed E-state index contributed by atoms with van der Waals surface area (Å²) in [5.41, 5.74) is 0. The highest BCUT2D eigenvalue weighted by atomic mass is 16.2. The van der Waals surface area contributed by atoms with Gasteiger partial charge in [0.1, 0.15) is 0 Å². The van der Waals surface area contributed by atoms with Gasteiger partial charge in [-0.15, -0.1) is 5.10 Å². The van der Waals surface area contributed by atoms with Crippen molar-refractivity contribution in [2.45, 2.75) is 25.7 Å². The zero-order valence-corrected chi connectivity index (χ0v) is 12.3. The van der Waals surface area contributed by atoms with Gasteiger partial charge in [0.25, 0.3) is 0 Å². The minimum atomic E-state index is 0.193. The Kier molecular flexibility index (Phi) is 4.48. The van der Waals surface area contributed by atoms with E-state index in [0.29, 0.717) is 5.91 Å². The van der Waals surface area contributed by atoms with Crippen LogP contribution in [0.25, 0.3) is 0 Å². The van der Waals surface area contributed by atoms with Gasteiger partial charge in [0.05, 0.1) is 0 Å². The van der Waals surface area contributed by atoms with Crippen molar-refractivity contribution in [3.8, 4) is 0 Å². The van der Waals surface area contributed by atoms with E-state index in [1.54, 1.807) is 6.20 Å². The van der Waals surface area contributed by atoms with Crippen LogP contribution in [-0.2, 0) is 4.79 Å². The minimum Gasteiger partial charge on any atom is -0.353 e. The molecule has 1 fully saturated rings. The Morgan fingerprint density at radius 3 is 2.90 bits per heavy atom. The van der Waals surface area contributed by atoms with Crippen molar-refractivity contribution in [3.05, 3.63) is 30.5 Å². The molecule has 1 aliphatic carbocycles. The van der Waals surface area contributed by atoms with E-state index in [1.807, 2.05) is 17.0 Å². The summed E-state index contributed by atoms with van der Waals surface area (Å²) in [6.45, 7) is 3.42. The minimum absolute atomic E-state index is 0.193. The molecule has 1 aromatic heterocycles. The molecule has 0 radical (unpaired) electrons. The van der Waals surface area contributed by atoms with Crippen LogP contribution in [0.5, 0.6) is 0 Å². The van der Waals surface area contributed by atoms with Crippen molar-refractivity contribution < 1.29 is 4.79 Å². The van der Waals surface area contributed by atoms with Gasteiger partial charge in [-0.05, 0) is 37.8 Å². The third-order valence-corrected chi connectivity index (χ3v) is 4.31. The van der Waals surface area contributed by atoms with Crippen LogP contribution in [0.2, 0.25) is 0 Å². The van der Waals surface area contributed by atoms with Gasteiger partial charge < -0.3 is 9.80 Å². The molecule has 0 unspecified atom stereocenters. The second-order valence-corrected chi connectivity index (χ2v) is 5.73. The standard InChI is InChI=1S/C16H22N4O/c21-16(14-6-2-1-3-7-14)20-11-5-10-19(12-13-20)15-8-4-9-17-18-15/h1-2,4,8-9,14H,3,5-7,10-13H2/t14-/m0/s1. The summed E-state index contributed by atoms with van der Waals surface area (Å²) in [5.74, 6) is 1.44. The molecule has 0 saturated carbocycles. The third kappa shape index (κ3) is 3.40. The maximum Gasteiger partial charge on any atom is 0.226 e. The lowest BCUT2D eigenvalue weighted by Crippen LogP contribution is -2.39. The molecule has 0 N–H and O–H groups in total. The van der Waals surface area contributed by atoms with E-state index in [4.69, 9.17) is 0 Å². The van der Waals surface area contributed by atoms with Crippen molar-refractivity contribution in [2.24, 2.45) is 5.92 Å². The fourth-order valence-corrected chi connectivity index (χ4v) is 3.11. The number of carbonyl (C=O) groups is 1. The molecular formula is C16H22N4O. The summed E-state index contributed by atoms with van der Waals surface area (Å²) in [7, 11) is 0. The predicted octanol–water partition coefficient (Wildman–Crippen LogP) is 1.87. The molecule has 21 heavy (non-hydrogen) atoms. The van der Waals surface area contributed by atoms with Gasteiger partial charge in [0, 0.05) is 38.3 Å². The van der Waals surface area contributed by atoms with E-state index in [-0.39, 0.29) is 5.92 Å².